The Balaban J connectivity index is 2.06. The third-order valence-corrected chi connectivity index (χ3v) is 3.68. The van der Waals surface area contributed by atoms with Gasteiger partial charge in [0.1, 0.15) is 0 Å². The van der Waals surface area contributed by atoms with Crippen LogP contribution in [0.1, 0.15) is 50.7 Å². The highest BCUT2D eigenvalue weighted by molar-refractivity contribution is 5.22. The summed E-state index contributed by atoms with van der Waals surface area (Å²) >= 11 is 0. The molecule has 20 heavy (non-hydrogen) atoms. The van der Waals surface area contributed by atoms with Crippen molar-refractivity contribution in [3.8, 4) is 0 Å². The van der Waals surface area contributed by atoms with Crippen molar-refractivity contribution >= 4 is 0 Å². The normalized spacial score (nSPS) is 12.6. The fourth-order valence-electron chi connectivity index (χ4n) is 2.34. The molecule has 3 nitrogen and oxygen atoms in total. The Labute approximate surface area is 124 Å². The molecular formula is C17H31N3. The van der Waals surface area contributed by atoms with E-state index in [1.807, 2.05) is 0 Å². The fourth-order valence-corrected chi connectivity index (χ4v) is 2.34. The molecule has 1 atom stereocenters. The molecule has 1 aromatic rings. The predicted octanol–water partition coefficient (Wildman–Crippen LogP) is 2.79. The Hall–Kier alpha value is -0.900. The first-order chi connectivity index (χ1) is 9.80. The zero-order valence-electron chi connectivity index (χ0n) is 13.1. The first-order valence-electron chi connectivity index (χ1n) is 8.02. The smallest absolute Gasteiger partial charge is 0.0205 e. The van der Waals surface area contributed by atoms with Gasteiger partial charge in [0.2, 0.25) is 0 Å². The average molecular weight is 277 g/mol. The van der Waals surface area contributed by atoms with E-state index in [0.29, 0.717) is 12.6 Å². The lowest BCUT2D eigenvalue weighted by Crippen LogP contribution is -2.30. The summed E-state index contributed by atoms with van der Waals surface area (Å²) in [5.74, 6) is 0. The van der Waals surface area contributed by atoms with Gasteiger partial charge in [-0.25, -0.2) is 0 Å². The largest absolute Gasteiger partial charge is 0.326 e. The monoisotopic (exact) mass is 277 g/mol. The molecule has 0 radical (unpaired) electrons. The second kappa shape index (κ2) is 10.8. The molecule has 1 unspecified atom stereocenters. The minimum absolute atomic E-state index is 0.621. The van der Waals surface area contributed by atoms with Crippen molar-refractivity contribution in [3.05, 3.63) is 35.4 Å². The lowest BCUT2D eigenvalue weighted by atomic mass is 10.1. The fraction of sp³-hybridized carbons (Fsp3) is 0.647. The standard InChI is InChI=1S/C17H31N3/c1-3-6-17(4-2)20-12-5-11-19-14-16-9-7-15(13-18)8-10-16/h7-10,17,19-20H,3-6,11-14,18H2,1-2H3. The maximum Gasteiger partial charge on any atom is 0.0205 e. The van der Waals surface area contributed by atoms with Crippen LogP contribution in [0.3, 0.4) is 0 Å². The molecule has 0 aliphatic heterocycles. The highest BCUT2D eigenvalue weighted by Crippen LogP contribution is 2.03. The van der Waals surface area contributed by atoms with Gasteiger partial charge >= 0.3 is 0 Å². The molecule has 0 fully saturated rings. The van der Waals surface area contributed by atoms with Gasteiger partial charge in [-0.1, -0.05) is 44.5 Å². The lowest BCUT2D eigenvalue weighted by Gasteiger charge is -2.15. The molecule has 3 heteroatoms. The van der Waals surface area contributed by atoms with Crippen LogP contribution in [0.15, 0.2) is 24.3 Å². The van der Waals surface area contributed by atoms with Gasteiger partial charge in [-0.15, -0.1) is 0 Å². The van der Waals surface area contributed by atoms with Crippen LogP contribution in [0, 0.1) is 0 Å². The van der Waals surface area contributed by atoms with Crippen LogP contribution >= 0.6 is 0 Å². The van der Waals surface area contributed by atoms with Crippen molar-refractivity contribution in [2.45, 2.75) is 58.7 Å². The Morgan fingerprint density at radius 1 is 1.05 bits per heavy atom. The van der Waals surface area contributed by atoms with Crippen molar-refractivity contribution in [2.75, 3.05) is 13.1 Å². The van der Waals surface area contributed by atoms with E-state index in [9.17, 15) is 0 Å². The summed E-state index contributed by atoms with van der Waals surface area (Å²) in [5.41, 5.74) is 8.11. The van der Waals surface area contributed by atoms with E-state index in [-0.39, 0.29) is 0 Å². The molecule has 1 aromatic carbocycles. The highest BCUT2D eigenvalue weighted by Gasteiger charge is 2.02. The van der Waals surface area contributed by atoms with Crippen LogP contribution < -0.4 is 16.4 Å². The van der Waals surface area contributed by atoms with Crippen molar-refractivity contribution in [1.29, 1.82) is 0 Å². The van der Waals surface area contributed by atoms with E-state index >= 15 is 0 Å². The topological polar surface area (TPSA) is 50.1 Å². The molecule has 0 aliphatic rings. The zero-order valence-corrected chi connectivity index (χ0v) is 13.1. The first kappa shape index (κ1) is 17.2. The SMILES string of the molecule is CCCC(CC)NCCCNCc1ccc(CN)cc1. The minimum atomic E-state index is 0.621. The first-order valence-corrected chi connectivity index (χ1v) is 8.02. The number of hydrogen-bond acceptors (Lipinski definition) is 3. The quantitative estimate of drug-likeness (QED) is 0.545. The molecule has 0 spiro atoms. The Morgan fingerprint density at radius 3 is 2.35 bits per heavy atom. The van der Waals surface area contributed by atoms with Crippen molar-refractivity contribution in [2.24, 2.45) is 5.73 Å². The van der Waals surface area contributed by atoms with Gasteiger partial charge in [-0.05, 0) is 43.5 Å². The summed E-state index contributed by atoms with van der Waals surface area (Å²) in [6, 6.07) is 9.22. The predicted molar refractivity (Wildman–Crippen MR) is 87.6 cm³/mol. The van der Waals surface area contributed by atoms with Gasteiger partial charge in [-0.3, -0.25) is 0 Å². The highest BCUT2D eigenvalue weighted by atomic mass is 14.9. The third-order valence-electron chi connectivity index (χ3n) is 3.68. The summed E-state index contributed by atoms with van der Waals surface area (Å²) in [6.45, 7) is 8.25. The van der Waals surface area contributed by atoms with Crippen LogP contribution in [-0.2, 0) is 13.1 Å². The van der Waals surface area contributed by atoms with Crippen LogP contribution in [0.4, 0.5) is 0 Å². The molecule has 4 N–H and O–H groups in total. The van der Waals surface area contributed by atoms with Gasteiger partial charge in [0.15, 0.2) is 0 Å². The van der Waals surface area contributed by atoms with Gasteiger partial charge in [0.05, 0.1) is 0 Å². The number of nitrogens with two attached hydrogens (primary N) is 1. The Bertz CT molecular complexity index is 335. The molecule has 0 bridgehead atoms. The Morgan fingerprint density at radius 2 is 1.75 bits per heavy atom. The van der Waals surface area contributed by atoms with E-state index in [2.05, 4.69) is 48.7 Å². The van der Waals surface area contributed by atoms with E-state index in [1.54, 1.807) is 0 Å². The molecule has 0 heterocycles. The van der Waals surface area contributed by atoms with Gasteiger partial charge in [-0.2, -0.15) is 0 Å². The van der Waals surface area contributed by atoms with Crippen molar-refractivity contribution < 1.29 is 0 Å². The molecule has 0 saturated heterocycles. The summed E-state index contributed by atoms with van der Waals surface area (Å²) in [6.07, 6.45) is 4.97. The van der Waals surface area contributed by atoms with Gasteiger partial charge < -0.3 is 16.4 Å². The van der Waals surface area contributed by atoms with Crippen molar-refractivity contribution in [3.63, 3.8) is 0 Å². The number of nitrogens with one attached hydrogen (secondary N) is 2. The molecular weight excluding hydrogens is 246 g/mol. The van der Waals surface area contributed by atoms with Crippen molar-refractivity contribution in [1.82, 2.24) is 10.6 Å². The van der Waals surface area contributed by atoms with Gasteiger partial charge in [0.25, 0.3) is 0 Å². The van der Waals surface area contributed by atoms with Crippen LogP contribution in [0.25, 0.3) is 0 Å². The minimum Gasteiger partial charge on any atom is -0.326 e. The lowest BCUT2D eigenvalue weighted by molar-refractivity contribution is 0.454. The molecule has 1 rings (SSSR count). The summed E-state index contributed by atoms with van der Waals surface area (Å²) < 4.78 is 0. The number of hydrogen-bond donors (Lipinski definition) is 3. The van der Waals surface area contributed by atoms with Crippen LogP contribution in [-0.4, -0.2) is 19.1 Å². The number of benzene rings is 1. The molecule has 0 saturated carbocycles. The van der Waals surface area contributed by atoms with Crippen LogP contribution in [0.2, 0.25) is 0 Å². The molecule has 0 aliphatic carbocycles. The summed E-state index contributed by atoms with van der Waals surface area (Å²) in [5, 5.41) is 7.12. The third kappa shape index (κ3) is 7.04. The number of rotatable bonds is 11. The maximum absolute atomic E-state index is 5.59. The zero-order chi connectivity index (χ0) is 14.6. The maximum atomic E-state index is 5.59. The van der Waals surface area contributed by atoms with Gasteiger partial charge in [0, 0.05) is 19.1 Å². The second-order valence-electron chi connectivity index (χ2n) is 5.40. The molecule has 0 aromatic heterocycles. The molecule has 0 amide bonds. The second-order valence-corrected chi connectivity index (χ2v) is 5.40. The Kier molecular flexibility index (Phi) is 9.29. The van der Waals surface area contributed by atoms with E-state index in [4.69, 9.17) is 5.73 Å². The average Bonchev–Trinajstić information content (AvgIpc) is 2.50. The summed E-state index contributed by atoms with van der Waals surface area (Å²) in [4.78, 5) is 0. The molecule has 114 valence electrons. The van der Waals surface area contributed by atoms with E-state index < -0.39 is 0 Å². The van der Waals surface area contributed by atoms with Crippen LogP contribution in [0.5, 0.6) is 0 Å². The summed E-state index contributed by atoms with van der Waals surface area (Å²) in [7, 11) is 0. The van der Waals surface area contributed by atoms with E-state index in [1.165, 1.54) is 36.8 Å². The van der Waals surface area contributed by atoms with E-state index in [0.717, 1.165) is 19.6 Å².